The van der Waals surface area contributed by atoms with Gasteiger partial charge in [-0.1, -0.05) is 39.7 Å². The van der Waals surface area contributed by atoms with Gasteiger partial charge in [0.25, 0.3) is 5.91 Å². The van der Waals surface area contributed by atoms with Crippen LogP contribution < -0.4 is 5.32 Å². The van der Waals surface area contributed by atoms with Gasteiger partial charge in [0.15, 0.2) is 0 Å². The van der Waals surface area contributed by atoms with E-state index in [1.807, 2.05) is 19.1 Å². The van der Waals surface area contributed by atoms with Gasteiger partial charge in [-0.15, -0.1) is 0 Å². The van der Waals surface area contributed by atoms with Crippen LogP contribution in [0.4, 0.5) is 0 Å². The first kappa shape index (κ1) is 16.0. The maximum absolute atomic E-state index is 12.1. The monoisotopic (exact) mass is 366 g/mol. The van der Waals surface area contributed by atoms with Gasteiger partial charge < -0.3 is 5.32 Å². The fraction of sp³-hybridized carbons (Fsp3) is 0.250. The van der Waals surface area contributed by atoms with Crippen molar-refractivity contribution >= 4 is 33.4 Å². The van der Waals surface area contributed by atoms with Crippen LogP contribution >= 0.6 is 27.5 Å². The number of carbonyl (C=O) groups is 1. The second-order valence-corrected chi connectivity index (χ2v) is 6.21. The van der Waals surface area contributed by atoms with Crippen LogP contribution in [0, 0.1) is 0 Å². The van der Waals surface area contributed by atoms with Crippen LogP contribution in [0.3, 0.4) is 0 Å². The van der Waals surface area contributed by atoms with Crippen LogP contribution in [-0.2, 0) is 6.42 Å². The highest BCUT2D eigenvalue weighted by molar-refractivity contribution is 9.10. The number of hydrogen-bond donors (Lipinski definition) is 1. The summed E-state index contributed by atoms with van der Waals surface area (Å²) in [6.45, 7) is 2.00. The summed E-state index contributed by atoms with van der Waals surface area (Å²) in [6.07, 6.45) is 3.34. The number of halogens is 2. The molecule has 0 aliphatic carbocycles. The summed E-state index contributed by atoms with van der Waals surface area (Å²) >= 11 is 9.20. The molecule has 0 bridgehead atoms. The Kier molecular flexibility index (Phi) is 5.76. The topological polar surface area (TPSA) is 42.0 Å². The predicted molar refractivity (Wildman–Crippen MR) is 88.6 cm³/mol. The largest absolute Gasteiger partial charge is 0.350 e. The molecule has 1 aromatic heterocycles. The summed E-state index contributed by atoms with van der Waals surface area (Å²) in [6, 6.07) is 11.5. The Hall–Kier alpha value is -1.39. The molecule has 0 aliphatic heterocycles. The van der Waals surface area contributed by atoms with Crippen LogP contribution in [0.25, 0.3) is 0 Å². The average Bonchev–Trinajstić information content (AvgIpc) is 2.46. The second-order valence-electron chi connectivity index (χ2n) is 4.91. The van der Waals surface area contributed by atoms with E-state index in [-0.39, 0.29) is 11.9 Å². The lowest BCUT2D eigenvalue weighted by molar-refractivity contribution is 0.0938. The van der Waals surface area contributed by atoms with Gasteiger partial charge >= 0.3 is 0 Å². The lowest BCUT2D eigenvalue weighted by Gasteiger charge is -2.14. The van der Waals surface area contributed by atoms with E-state index in [9.17, 15) is 4.79 Å². The zero-order chi connectivity index (χ0) is 15.2. The minimum atomic E-state index is -0.123. The second kappa shape index (κ2) is 7.57. The summed E-state index contributed by atoms with van der Waals surface area (Å²) in [4.78, 5) is 15.9. The molecule has 5 heteroatoms. The van der Waals surface area contributed by atoms with Gasteiger partial charge in [0.05, 0.1) is 0 Å². The van der Waals surface area contributed by atoms with Crippen molar-refractivity contribution in [1.29, 1.82) is 0 Å². The van der Waals surface area contributed by atoms with E-state index in [1.54, 1.807) is 12.1 Å². The molecule has 1 unspecified atom stereocenters. The van der Waals surface area contributed by atoms with Gasteiger partial charge in [-0.05, 0) is 49.6 Å². The van der Waals surface area contributed by atoms with Crippen LogP contribution in [0.1, 0.15) is 29.3 Å². The highest BCUT2D eigenvalue weighted by Crippen LogP contribution is 2.13. The first-order chi connectivity index (χ1) is 10.0. The lowest BCUT2D eigenvalue weighted by atomic mass is 10.1. The van der Waals surface area contributed by atoms with E-state index in [1.165, 1.54) is 11.8 Å². The maximum atomic E-state index is 12.1. The molecule has 0 fully saturated rings. The third-order valence-corrected chi connectivity index (χ3v) is 3.88. The van der Waals surface area contributed by atoms with Gasteiger partial charge in [0, 0.05) is 22.3 Å². The standard InChI is InChI=1S/C16H16BrClN2O/c1-11(2-3-12-4-6-14(17)7-5-12)20-16(21)13-8-9-19-15(18)10-13/h4-11H,2-3H2,1H3,(H,20,21). The first-order valence-corrected chi connectivity index (χ1v) is 7.88. The van der Waals surface area contributed by atoms with Gasteiger partial charge in [0.1, 0.15) is 5.15 Å². The van der Waals surface area contributed by atoms with Crippen LogP contribution in [0.2, 0.25) is 5.15 Å². The molecule has 1 atom stereocenters. The number of amides is 1. The van der Waals surface area contributed by atoms with E-state index < -0.39 is 0 Å². The Morgan fingerprint density at radius 1 is 1.33 bits per heavy atom. The number of benzene rings is 1. The fourth-order valence-electron chi connectivity index (χ4n) is 1.96. The van der Waals surface area contributed by atoms with Gasteiger partial charge in [-0.25, -0.2) is 4.98 Å². The third-order valence-electron chi connectivity index (χ3n) is 3.15. The number of nitrogens with one attached hydrogen (secondary N) is 1. The summed E-state index contributed by atoms with van der Waals surface area (Å²) < 4.78 is 1.07. The van der Waals surface area contributed by atoms with Gasteiger partial charge in [0.2, 0.25) is 0 Å². The molecule has 1 aromatic carbocycles. The summed E-state index contributed by atoms with van der Waals surface area (Å²) in [5, 5.41) is 3.29. The Labute approximate surface area is 137 Å². The van der Waals surface area contributed by atoms with Crippen molar-refractivity contribution in [2.45, 2.75) is 25.8 Å². The van der Waals surface area contributed by atoms with Gasteiger partial charge in [-0.3, -0.25) is 4.79 Å². The molecule has 0 saturated heterocycles. The number of hydrogen-bond acceptors (Lipinski definition) is 2. The number of pyridine rings is 1. The van der Waals surface area contributed by atoms with Crippen molar-refractivity contribution in [2.24, 2.45) is 0 Å². The van der Waals surface area contributed by atoms with Crippen LogP contribution in [0.5, 0.6) is 0 Å². The molecule has 0 saturated carbocycles. The zero-order valence-electron chi connectivity index (χ0n) is 11.6. The molecule has 2 aromatic rings. The number of carbonyl (C=O) groups excluding carboxylic acids is 1. The molecule has 21 heavy (non-hydrogen) atoms. The smallest absolute Gasteiger partial charge is 0.251 e. The number of rotatable bonds is 5. The molecule has 0 radical (unpaired) electrons. The van der Waals surface area contributed by atoms with E-state index in [2.05, 4.69) is 38.4 Å². The van der Waals surface area contributed by atoms with Crippen molar-refractivity contribution in [3.05, 3.63) is 63.3 Å². The van der Waals surface area contributed by atoms with Crippen molar-refractivity contribution in [3.63, 3.8) is 0 Å². The minimum Gasteiger partial charge on any atom is -0.350 e. The van der Waals surface area contributed by atoms with Crippen molar-refractivity contribution in [2.75, 3.05) is 0 Å². The fourth-order valence-corrected chi connectivity index (χ4v) is 2.40. The molecule has 0 spiro atoms. The molecular weight excluding hydrogens is 352 g/mol. The Morgan fingerprint density at radius 3 is 2.71 bits per heavy atom. The zero-order valence-corrected chi connectivity index (χ0v) is 14.0. The minimum absolute atomic E-state index is 0.0908. The predicted octanol–water partition coefficient (Wildman–Crippen LogP) is 4.25. The van der Waals surface area contributed by atoms with E-state index >= 15 is 0 Å². The molecule has 1 N–H and O–H groups in total. The highest BCUT2D eigenvalue weighted by atomic mass is 79.9. The molecule has 110 valence electrons. The lowest BCUT2D eigenvalue weighted by Crippen LogP contribution is -2.32. The van der Waals surface area contributed by atoms with E-state index in [0.29, 0.717) is 10.7 Å². The number of aromatic nitrogens is 1. The van der Waals surface area contributed by atoms with Crippen LogP contribution in [-0.4, -0.2) is 16.9 Å². The van der Waals surface area contributed by atoms with Gasteiger partial charge in [-0.2, -0.15) is 0 Å². The molecule has 1 amide bonds. The Morgan fingerprint density at radius 2 is 2.05 bits per heavy atom. The van der Waals surface area contributed by atoms with Crippen molar-refractivity contribution in [3.8, 4) is 0 Å². The molecule has 0 aliphatic rings. The summed E-state index contributed by atoms with van der Waals surface area (Å²) in [7, 11) is 0. The van der Waals surface area contributed by atoms with E-state index in [4.69, 9.17) is 11.6 Å². The normalized spacial score (nSPS) is 12.0. The number of aryl methyl sites for hydroxylation is 1. The number of nitrogens with zero attached hydrogens (tertiary/aromatic N) is 1. The maximum Gasteiger partial charge on any atom is 0.251 e. The van der Waals surface area contributed by atoms with Crippen molar-refractivity contribution < 1.29 is 4.79 Å². The molecule has 2 rings (SSSR count). The molecule has 1 heterocycles. The van der Waals surface area contributed by atoms with Crippen LogP contribution in [0.15, 0.2) is 47.1 Å². The quantitative estimate of drug-likeness (QED) is 0.803. The summed E-state index contributed by atoms with van der Waals surface area (Å²) in [5.41, 5.74) is 1.79. The molecule has 3 nitrogen and oxygen atoms in total. The van der Waals surface area contributed by atoms with Crippen molar-refractivity contribution in [1.82, 2.24) is 10.3 Å². The highest BCUT2D eigenvalue weighted by Gasteiger charge is 2.10. The Balaban J connectivity index is 1.85. The average molecular weight is 368 g/mol. The summed E-state index contributed by atoms with van der Waals surface area (Å²) in [5.74, 6) is -0.123. The third kappa shape index (κ3) is 5.14. The SMILES string of the molecule is CC(CCc1ccc(Br)cc1)NC(=O)c1ccnc(Cl)c1. The first-order valence-electron chi connectivity index (χ1n) is 6.71. The molecular formula is C16H16BrClN2O. The van der Waals surface area contributed by atoms with E-state index in [0.717, 1.165) is 17.3 Å². The Bertz CT molecular complexity index is 616.